The number of ether oxygens (including phenoxy) is 1. The molecule has 0 unspecified atom stereocenters. The normalized spacial score (nSPS) is 11.2. The van der Waals surface area contributed by atoms with Crippen molar-refractivity contribution in [3.8, 4) is 5.75 Å². The lowest BCUT2D eigenvalue weighted by Crippen LogP contribution is -2.17. The van der Waals surface area contributed by atoms with Crippen molar-refractivity contribution >= 4 is 45.3 Å². The lowest BCUT2D eigenvalue weighted by atomic mass is 10.2. The van der Waals surface area contributed by atoms with E-state index in [2.05, 4.69) is 19.8 Å². The Balaban J connectivity index is 1.90. The number of hydrogen-bond acceptors (Lipinski definition) is 6. The molecule has 8 nitrogen and oxygen atoms in total. The Hall–Kier alpha value is -3.64. The topological polar surface area (TPSA) is 121 Å². The molecule has 0 saturated heterocycles. The molecule has 0 atom stereocenters. The van der Waals surface area contributed by atoms with Crippen LogP contribution in [0, 0.1) is 11.2 Å². The van der Waals surface area contributed by atoms with E-state index in [0.717, 1.165) is 42.7 Å². The first-order valence-electron chi connectivity index (χ1n) is 8.94. The molecule has 172 valence electrons. The summed E-state index contributed by atoms with van der Waals surface area (Å²) in [6.07, 6.45) is 1.90. The van der Waals surface area contributed by atoms with Gasteiger partial charge in [-0.05, 0) is 24.3 Å². The summed E-state index contributed by atoms with van der Waals surface area (Å²) in [5.41, 5.74) is -0.564. The molecule has 0 bridgehead atoms. The summed E-state index contributed by atoms with van der Waals surface area (Å²) in [6, 6.07) is 9.18. The minimum atomic E-state index is -4.31. The largest absolute Gasteiger partial charge is 0.435 e. The number of carbonyl (C=O) groups excluding carboxylic acids is 1. The highest BCUT2D eigenvalue weighted by molar-refractivity contribution is 7.92. The van der Waals surface area contributed by atoms with Crippen LogP contribution >= 0.6 is 11.6 Å². The van der Waals surface area contributed by atoms with Crippen molar-refractivity contribution in [2.45, 2.75) is 11.5 Å². The van der Waals surface area contributed by atoms with Gasteiger partial charge in [-0.1, -0.05) is 23.7 Å². The van der Waals surface area contributed by atoms with Gasteiger partial charge < -0.3 is 15.5 Å². The van der Waals surface area contributed by atoms with E-state index in [9.17, 15) is 26.4 Å². The monoisotopic (exact) mass is 498 g/mol. The summed E-state index contributed by atoms with van der Waals surface area (Å²) in [6.45, 7) is -3.14. The molecule has 0 saturated carbocycles. The zero-order chi connectivity index (χ0) is 24.2. The number of benzene rings is 2. The summed E-state index contributed by atoms with van der Waals surface area (Å²) in [4.78, 5) is 15.9. The van der Waals surface area contributed by atoms with E-state index in [4.69, 9.17) is 17.0 Å². The van der Waals surface area contributed by atoms with Crippen LogP contribution in [0.15, 0.2) is 59.6 Å². The highest BCUT2D eigenvalue weighted by atomic mass is 35.5. The van der Waals surface area contributed by atoms with Gasteiger partial charge in [0.2, 0.25) is 0 Å². The van der Waals surface area contributed by atoms with E-state index in [1.807, 2.05) is 0 Å². The molecule has 3 N–H and O–H groups in total. The third-order valence-corrected chi connectivity index (χ3v) is 5.79. The lowest BCUT2D eigenvalue weighted by molar-refractivity contribution is -0.0500. The first kappa shape index (κ1) is 24.0. The molecule has 0 spiro atoms. The van der Waals surface area contributed by atoms with Crippen molar-refractivity contribution in [2.75, 3.05) is 10.0 Å². The molecule has 2 aromatic carbocycles. The van der Waals surface area contributed by atoms with Crippen molar-refractivity contribution in [3.05, 3.63) is 76.7 Å². The highest BCUT2D eigenvalue weighted by Gasteiger charge is 2.20. The van der Waals surface area contributed by atoms with Crippen LogP contribution < -0.4 is 14.8 Å². The molecule has 0 radical (unpaired) electrons. The number of nitrogens with one attached hydrogen (secondary N) is 3. The van der Waals surface area contributed by atoms with E-state index in [1.54, 1.807) is 0 Å². The molecular formula is C20H14ClF3N4O4S. The second kappa shape index (κ2) is 9.88. The number of hydrogen-bond donors (Lipinski definition) is 3. The summed E-state index contributed by atoms with van der Waals surface area (Å²) in [5.74, 6) is -2.34. The maximum atomic E-state index is 14.0. The molecule has 13 heteroatoms. The summed E-state index contributed by atoms with van der Waals surface area (Å²) in [7, 11) is -4.31. The van der Waals surface area contributed by atoms with Gasteiger partial charge in [0.05, 0.1) is 21.2 Å². The third-order valence-electron chi connectivity index (χ3n) is 4.11. The number of halogens is 4. The van der Waals surface area contributed by atoms with Gasteiger partial charge >= 0.3 is 6.61 Å². The number of rotatable bonds is 8. The van der Waals surface area contributed by atoms with Crippen LogP contribution in [-0.2, 0) is 10.0 Å². The zero-order valence-corrected chi connectivity index (χ0v) is 17.9. The standard InChI is InChI=1S/C20H14ClF3N4O4S/c21-14-5-2-6-15(22)18(14)19(29)27-17-8-16(11(9-25)10-26-17)28-33(30,31)13-4-1-3-12(7-13)32-20(23)24/h1-10,20,25H,(H2,26,27,28,29). The summed E-state index contributed by atoms with van der Waals surface area (Å²) in [5, 5.41) is 9.61. The minimum Gasteiger partial charge on any atom is -0.435 e. The maximum Gasteiger partial charge on any atom is 0.387 e. The van der Waals surface area contributed by atoms with Crippen LogP contribution in [0.3, 0.4) is 0 Å². The van der Waals surface area contributed by atoms with Crippen molar-refractivity contribution in [2.24, 2.45) is 0 Å². The fourth-order valence-electron chi connectivity index (χ4n) is 2.65. The van der Waals surface area contributed by atoms with Crippen LogP contribution in [0.1, 0.15) is 15.9 Å². The summed E-state index contributed by atoms with van der Waals surface area (Å²) >= 11 is 5.87. The van der Waals surface area contributed by atoms with Gasteiger partial charge in [0.1, 0.15) is 17.4 Å². The number of anilines is 2. The molecule has 1 amide bonds. The third kappa shape index (κ3) is 5.79. The Labute approximate surface area is 190 Å². The van der Waals surface area contributed by atoms with E-state index in [1.165, 1.54) is 18.2 Å². The molecule has 1 heterocycles. The Morgan fingerprint density at radius 1 is 1.18 bits per heavy atom. The first-order valence-corrected chi connectivity index (χ1v) is 10.8. The molecule has 0 aliphatic rings. The fraction of sp³-hybridized carbons (Fsp3) is 0.0500. The average molecular weight is 499 g/mol. The fourth-order valence-corrected chi connectivity index (χ4v) is 4.01. The van der Waals surface area contributed by atoms with Crippen LogP contribution in [0.5, 0.6) is 5.75 Å². The van der Waals surface area contributed by atoms with E-state index >= 15 is 0 Å². The van der Waals surface area contributed by atoms with Crippen LogP contribution in [0.4, 0.5) is 24.7 Å². The Morgan fingerprint density at radius 3 is 2.58 bits per heavy atom. The van der Waals surface area contributed by atoms with Gasteiger partial charge in [0, 0.05) is 30.1 Å². The van der Waals surface area contributed by atoms with Crippen LogP contribution in [0.2, 0.25) is 5.02 Å². The average Bonchev–Trinajstić information content (AvgIpc) is 2.73. The second-order valence-electron chi connectivity index (χ2n) is 6.31. The van der Waals surface area contributed by atoms with Crippen molar-refractivity contribution in [1.29, 1.82) is 5.41 Å². The molecular weight excluding hydrogens is 485 g/mol. The van der Waals surface area contributed by atoms with Crippen molar-refractivity contribution in [1.82, 2.24) is 4.98 Å². The minimum absolute atomic E-state index is 0.0282. The SMILES string of the molecule is N=Cc1cnc(NC(=O)c2c(F)cccc2Cl)cc1NS(=O)(=O)c1cccc(OC(F)F)c1. The van der Waals surface area contributed by atoms with Crippen LogP contribution in [0.25, 0.3) is 0 Å². The molecule has 0 aliphatic carbocycles. The second-order valence-corrected chi connectivity index (χ2v) is 8.40. The Bertz CT molecular complexity index is 1300. The Morgan fingerprint density at radius 2 is 1.91 bits per heavy atom. The van der Waals surface area contributed by atoms with Gasteiger partial charge in [0.15, 0.2) is 0 Å². The van der Waals surface area contributed by atoms with Crippen LogP contribution in [-0.4, -0.2) is 32.1 Å². The number of sulfonamides is 1. The Kier molecular flexibility index (Phi) is 7.19. The predicted octanol–water partition coefficient (Wildman–Crippen LogP) is 4.53. The number of alkyl halides is 2. The van der Waals surface area contributed by atoms with Crippen molar-refractivity contribution < 1.29 is 31.1 Å². The quantitative estimate of drug-likeness (QED) is 0.394. The van der Waals surface area contributed by atoms with Gasteiger partial charge in [-0.3, -0.25) is 9.52 Å². The van der Waals surface area contributed by atoms with Gasteiger partial charge in [-0.15, -0.1) is 0 Å². The van der Waals surface area contributed by atoms with E-state index in [-0.39, 0.29) is 27.8 Å². The molecule has 33 heavy (non-hydrogen) atoms. The maximum absolute atomic E-state index is 14.0. The lowest BCUT2D eigenvalue weighted by Gasteiger charge is -2.13. The van der Waals surface area contributed by atoms with Gasteiger partial charge in [-0.25, -0.2) is 17.8 Å². The first-order chi connectivity index (χ1) is 15.6. The molecule has 1 aromatic heterocycles. The molecule has 0 aliphatic heterocycles. The number of pyridine rings is 1. The summed E-state index contributed by atoms with van der Waals surface area (Å²) < 4.78 is 70.7. The van der Waals surface area contributed by atoms with E-state index in [0.29, 0.717) is 0 Å². The molecule has 3 aromatic rings. The number of amides is 1. The van der Waals surface area contributed by atoms with E-state index < -0.39 is 38.8 Å². The smallest absolute Gasteiger partial charge is 0.387 e. The number of carbonyl (C=O) groups is 1. The predicted molar refractivity (Wildman–Crippen MR) is 115 cm³/mol. The number of nitrogens with zero attached hydrogens (tertiary/aromatic N) is 1. The van der Waals surface area contributed by atoms with Gasteiger partial charge in [-0.2, -0.15) is 8.78 Å². The highest BCUT2D eigenvalue weighted by Crippen LogP contribution is 2.25. The van der Waals surface area contributed by atoms with Gasteiger partial charge in [0.25, 0.3) is 15.9 Å². The molecule has 3 rings (SSSR count). The van der Waals surface area contributed by atoms with Crippen molar-refractivity contribution in [3.63, 3.8) is 0 Å². The zero-order valence-electron chi connectivity index (χ0n) is 16.4. The number of aromatic nitrogens is 1. The molecule has 0 fully saturated rings.